The van der Waals surface area contributed by atoms with Gasteiger partial charge in [-0.25, -0.2) is 0 Å². The molecule has 4 heteroatoms. The molecule has 17 heavy (non-hydrogen) atoms. The molecule has 1 fully saturated rings. The summed E-state index contributed by atoms with van der Waals surface area (Å²) in [6, 6.07) is 8.45. The van der Waals surface area contributed by atoms with Gasteiger partial charge in [0, 0.05) is 31.0 Å². The van der Waals surface area contributed by atoms with E-state index in [0.717, 1.165) is 38.0 Å². The van der Waals surface area contributed by atoms with Crippen molar-refractivity contribution in [2.75, 3.05) is 24.1 Å². The van der Waals surface area contributed by atoms with Crippen LogP contribution in [0.1, 0.15) is 12.0 Å². The van der Waals surface area contributed by atoms with Gasteiger partial charge in [0.25, 0.3) is 0 Å². The Hall–Kier alpha value is -1.00. The number of likely N-dealkylation sites (tertiary alicyclic amines) is 1. The third kappa shape index (κ3) is 3.48. The van der Waals surface area contributed by atoms with Gasteiger partial charge in [-0.1, -0.05) is 24.1 Å². The van der Waals surface area contributed by atoms with Crippen molar-refractivity contribution in [3.05, 3.63) is 29.8 Å². The SMILES string of the molecule is CSNc1cccc(CN2CCC(C=O)C2)c1. The summed E-state index contributed by atoms with van der Waals surface area (Å²) in [4.78, 5) is 13.0. The first-order valence-corrected chi connectivity index (χ1v) is 7.10. The minimum absolute atomic E-state index is 0.238. The van der Waals surface area contributed by atoms with Crippen LogP contribution in [-0.2, 0) is 11.3 Å². The van der Waals surface area contributed by atoms with Crippen LogP contribution in [0.5, 0.6) is 0 Å². The number of carbonyl (C=O) groups excluding carboxylic acids is 1. The maximum Gasteiger partial charge on any atom is 0.124 e. The fourth-order valence-electron chi connectivity index (χ4n) is 2.23. The van der Waals surface area contributed by atoms with Gasteiger partial charge in [-0.3, -0.25) is 4.90 Å². The number of benzene rings is 1. The van der Waals surface area contributed by atoms with Crippen molar-refractivity contribution in [3.63, 3.8) is 0 Å². The number of nitrogens with zero attached hydrogens (tertiary/aromatic N) is 1. The van der Waals surface area contributed by atoms with Gasteiger partial charge in [-0.2, -0.15) is 0 Å². The van der Waals surface area contributed by atoms with E-state index < -0.39 is 0 Å². The molecule has 0 aromatic heterocycles. The molecular formula is C13H18N2OS. The Morgan fingerprint density at radius 3 is 3.18 bits per heavy atom. The summed E-state index contributed by atoms with van der Waals surface area (Å²) in [7, 11) is 0. The molecular weight excluding hydrogens is 232 g/mol. The van der Waals surface area contributed by atoms with Crippen molar-refractivity contribution in [1.29, 1.82) is 0 Å². The molecule has 0 spiro atoms. The number of anilines is 1. The molecule has 92 valence electrons. The molecule has 0 amide bonds. The molecule has 1 aromatic carbocycles. The number of hydrogen-bond donors (Lipinski definition) is 1. The van der Waals surface area contributed by atoms with Gasteiger partial charge in [0.05, 0.1) is 0 Å². The number of aldehydes is 1. The predicted molar refractivity (Wildman–Crippen MR) is 73.0 cm³/mol. The average molecular weight is 250 g/mol. The first-order valence-electron chi connectivity index (χ1n) is 5.87. The van der Waals surface area contributed by atoms with Crippen molar-refractivity contribution in [3.8, 4) is 0 Å². The fraction of sp³-hybridized carbons (Fsp3) is 0.462. The van der Waals surface area contributed by atoms with Crippen molar-refractivity contribution >= 4 is 23.9 Å². The lowest BCUT2D eigenvalue weighted by atomic mass is 10.1. The van der Waals surface area contributed by atoms with E-state index in [1.807, 2.05) is 6.26 Å². The molecule has 1 aliphatic heterocycles. The van der Waals surface area contributed by atoms with Gasteiger partial charge in [0.2, 0.25) is 0 Å². The predicted octanol–water partition coefficient (Wildman–Crippen LogP) is 2.40. The Morgan fingerprint density at radius 1 is 1.59 bits per heavy atom. The molecule has 1 N–H and O–H groups in total. The monoisotopic (exact) mass is 250 g/mol. The standard InChI is InChI=1S/C13H18N2OS/c1-17-14-13-4-2-3-11(7-13)8-15-6-5-12(9-15)10-16/h2-4,7,10,12,14H,5-6,8-9H2,1H3. The number of carbonyl (C=O) groups is 1. The maximum atomic E-state index is 10.7. The molecule has 0 aliphatic carbocycles. The fourth-order valence-corrected chi connectivity index (χ4v) is 2.59. The lowest BCUT2D eigenvalue weighted by Gasteiger charge is -2.15. The van der Waals surface area contributed by atoms with Gasteiger partial charge in [0.1, 0.15) is 6.29 Å². The molecule has 1 heterocycles. The molecule has 0 saturated carbocycles. The molecule has 1 unspecified atom stereocenters. The Labute approximate surface area is 107 Å². The van der Waals surface area contributed by atoms with Crippen LogP contribution in [0.15, 0.2) is 24.3 Å². The van der Waals surface area contributed by atoms with Gasteiger partial charge in [-0.15, -0.1) is 0 Å². The third-order valence-corrected chi connectivity index (χ3v) is 3.49. The van der Waals surface area contributed by atoms with E-state index in [1.54, 1.807) is 11.9 Å². The molecule has 3 nitrogen and oxygen atoms in total. The number of rotatable bonds is 5. The molecule has 0 bridgehead atoms. The summed E-state index contributed by atoms with van der Waals surface area (Å²) in [5.74, 6) is 0.238. The zero-order valence-electron chi connectivity index (χ0n) is 10.1. The summed E-state index contributed by atoms with van der Waals surface area (Å²) in [6.45, 7) is 2.88. The minimum Gasteiger partial charge on any atom is -0.330 e. The first kappa shape index (κ1) is 12.5. The van der Waals surface area contributed by atoms with Gasteiger partial charge in [-0.05, 0) is 30.7 Å². The van der Waals surface area contributed by atoms with Gasteiger partial charge in [0.15, 0.2) is 0 Å². The third-order valence-electron chi connectivity index (χ3n) is 3.05. The second kappa shape index (κ2) is 6.07. The highest BCUT2D eigenvalue weighted by Gasteiger charge is 2.21. The van der Waals surface area contributed by atoms with E-state index in [0.29, 0.717) is 0 Å². The van der Waals surface area contributed by atoms with E-state index in [9.17, 15) is 4.79 Å². The van der Waals surface area contributed by atoms with E-state index in [2.05, 4.69) is 33.9 Å². The average Bonchev–Trinajstić information content (AvgIpc) is 2.78. The smallest absolute Gasteiger partial charge is 0.124 e. The Morgan fingerprint density at radius 2 is 2.47 bits per heavy atom. The Bertz CT molecular complexity index is 383. The summed E-state index contributed by atoms with van der Waals surface area (Å²) >= 11 is 1.60. The molecule has 1 saturated heterocycles. The first-order chi connectivity index (χ1) is 8.31. The molecule has 1 aromatic rings. The molecule has 1 atom stereocenters. The van der Waals surface area contributed by atoms with Crippen molar-refractivity contribution < 1.29 is 4.79 Å². The van der Waals surface area contributed by atoms with Crippen LogP contribution in [0.25, 0.3) is 0 Å². The lowest BCUT2D eigenvalue weighted by Crippen LogP contribution is -2.20. The van der Waals surface area contributed by atoms with Crippen LogP contribution < -0.4 is 4.72 Å². The maximum absolute atomic E-state index is 10.7. The van der Waals surface area contributed by atoms with Crippen LogP contribution in [0.3, 0.4) is 0 Å². The van der Waals surface area contributed by atoms with E-state index in [1.165, 1.54) is 5.56 Å². The summed E-state index contributed by atoms with van der Waals surface area (Å²) < 4.78 is 3.23. The highest BCUT2D eigenvalue weighted by Crippen LogP contribution is 2.19. The summed E-state index contributed by atoms with van der Waals surface area (Å²) in [5, 5.41) is 0. The second-order valence-corrected chi connectivity index (χ2v) is 5.04. The second-order valence-electron chi connectivity index (χ2n) is 4.43. The van der Waals surface area contributed by atoms with Gasteiger partial charge >= 0.3 is 0 Å². The highest BCUT2D eigenvalue weighted by molar-refractivity contribution is 7.99. The van der Waals surface area contributed by atoms with Crippen molar-refractivity contribution in [2.45, 2.75) is 13.0 Å². The van der Waals surface area contributed by atoms with E-state index >= 15 is 0 Å². The number of hydrogen-bond acceptors (Lipinski definition) is 4. The van der Waals surface area contributed by atoms with Crippen molar-refractivity contribution in [2.24, 2.45) is 5.92 Å². The van der Waals surface area contributed by atoms with Crippen LogP contribution in [-0.4, -0.2) is 30.5 Å². The molecule has 1 aliphatic rings. The highest BCUT2D eigenvalue weighted by atomic mass is 32.2. The van der Waals surface area contributed by atoms with Crippen molar-refractivity contribution in [1.82, 2.24) is 4.90 Å². The Balaban J connectivity index is 1.94. The topological polar surface area (TPSA) is 32.3 Å². The molecule has 2 rings (SSSR count). The van der Waals surface area contributed by atoms with Crippen LogP contribution in [0.4, 0.5) is 5.69 Å². The number of nitrogens with one attached hydrogen (secondary N) is 1. The zero-order chi connectivity index (χ0) is 12.1. The minimum atomic E-state index is 0.238. The zero-order valence-corrected chi connectivity index (χ0v) is 10.9. The van der Waals surface area contributed by atoms with Gasteiger partial charge < -0.3 is 9.52 Å². The lowest BCUT2D eigenvalue weighted by molar-refractivity contribution is -0.110. The molecule has 0 radical (unpaired) electrons. The quantitative estimate of drug-likeness (QED) is 0.642. The van der Waals surface area contributed by atoms with Crippen LogP contribution in [0.2, 0.25) is 0 Å². The summed E-state index contributed by atoms with van der Waals surface area (Å²) in [6.07, 6.45) is 4.11. The van der Waals surface area contributed by atoms with E-state index in [-0.39, 0.29) is 5.92 Å². The largest absolute Gasteiger partial charge is 0.330 e. The van der Waals surface area contributed by atoms with Crippen LogP contribution >= 0.6 is 11.9 Å². The Kier molecular flexibility index (Phi) is 4.45. The summed E-state index contributed by atoms with van der Waals surface area (Å²) in [5.41, 5.74) is 2.44. The normalized spacial score (nSPS) is 20.4. The van der Waals surface area contributed by atoms with E-state index in [4.69, 9.17) is 0 Å². The van der Waals surface area contributed by atoms with Crippen LogP contribution in [0, 0.1) is 5.92 Å².